The number of aliphatic hydroxyl groups is 1. The number of carboxylic acid groups (broad SMARTS) is 1. The van der Waals surface area contributed by atoms with E-state index >= 15 is 0 Å². The highest BCUT2D eigenvalue weighted by molar-refractivity contribution is 5.94. The summed E-state index contributed by atoms with van der Waals surface area (Å²) >= 11 is 0. The van der Waals surface area contributed by atoms with E-state index in [4.69, 9.17) is 27.4 Å². The second-order valence-electron chi connectivity index (χ2n) is 5.37. The maximum atomic E-state index is 11.9. The number of rotatable bonds is 12. The molecule has 152 valence electrons. The van der Waals surface area contributed by atoms with E-state index < -0.39 is 79.6 Å². The summed E-state index contributed by atoms with van der Waals surface area (Å²) in [4.78, 5) is 67.5. The van der Waals surface area contributed by atoms with Crippen LogP contribution in [0.3, 0.4) is 0 Å². The Bertz CT molecular complexity index is 610. The number of primary amides is 2. The lowest BCUT2D eigenvalue weighted by Crippen LogP contribution is -2.55. The zero-order valence-electron chi connectivity index (χ0n) is 14.1. The minimum atomic E-state index is -1.58. The van der Waals surface area contributed by atoms with Crippen LogP contribution < -0.4 is 33.2 Å². The Morgan fingerprint density at radius 1 is 0.852 bits per heavy atom. The third kappa shape index (κ3) is 9.71. The number of carbonyl (C=O) groups is 6. The molecule has 0 aromatic rings. The Labute approximate surface area is 152 Å². The lowest BCUT2D eigenvalue weighted by Gasteiger charge is -2.19. The summed E-state index contributed by atoms with van der Waals surface area (Å²) in [5, 5.41) is 24.1. The molecular formula is C13H22N6O8. The number of nitrogens with one attached hydrogen (secondary N) is 3. The molecule has 0 rings (SSSR count). The molecule has 14 nitrogen and oxygen atoms in total. The summed E-state index contributed by atoms with van der Waals surface area (Å²) in [6, 6.07) is -4.39. The highest BCUT2D eigenvalue weighted by Crippen LogP contribution is 1.93. The van der Waals surface area contributed by atoms with E-state index in [0.717, 1.165) is 0 Å². The molecule has 0 fully saturated rings. The van der Waals surface area contributed by atoms with E-state index in [2.05, 4.69) is 5.32 Å². The van der Waals surface area contributed by atoms with Crippen LogP contribution in [0.2, 0.25) is 0 Å². The van der Waals surface area contributed by atoms with E-state index in [0.29, 0.717) is 0 Å². The van der Waals surface area contributed by atoms with Gasteiger partial charge in [0.25, 0.3) is 0 Å². The van der Waals surface area contributed by atoms with Crippen molar-refractivity contribution in [2.24, 2.45) is 17.2 Å². The molecule has 0 aliphatic rings. The van der Waals surface area contributed by atoms with Crippen LogP contribution in [0, 0.1) is 0 Å². The van der Waals surface area contributed by atoms with Crippen LogP contribution in [-0.2, 0) is 28.8 Å². The molecule has 3 unspecified atom stereocenters. The fourth-order valence-corrected chi connectivity index (χ4v) is 1.72. The van der Waals surface area contributed by atoms with Gasteiger partial charge in [-0.1, -0.05) is 0 Å². The van der Waals surface area contributed by atoms with Gasteiger partial charge in [0.2, 0.25) is 29.5 Å². The maximum Gasteiger partial charge on any atom is 0.326 e. The van der Waals surface area contributed by atoms with Crippen molar-refractivity contribution < 1.29 is 39.0 Å². The first-order valence-electron chi connectivity index (χ1n) is 7.51. The lowest BCUT2D eigenvalue weighted by molar-refractivity contribution is -0.143. The fraction of sp³-hybridized carbons (Fsp3) is 0.538. The van der Waals surface area contributed by atoms with Gasteiger partial charge in [-0.3, -0.25) is 24.0 Å². The van der Waals surface area contributed by atoms with Crippen LogP contribution in [0.4, 0.5) is 0 Å². The first-order chi connectivity index (χ1) is 12.5. The topological polar surface area (TPSA) is 257 Å². The Morgan fingerprint density at radius 3 is 1.85 bits per heavy atom. The van der Waals surface area contributed by atoms with E-state index in [1.54, 1.807) is 0 Å². The van der Waals surface area contributed by atoms with Gasteiger partial charge in [0.1, 0.15) is 12.1 Å². The molecule has 0 saturated carbocycles. The Hall–Kier alpha value is -3.26. The van der Waals surface area contributed by atoms with Crippen molar-refractivity contribution >= 4 is 35.5 Å². The third-order valence-electron chi connectivity index (χ3n) is 3.04. The van der Waals surface area contributed by atoms with E-state index in [9.17, 15) is 28.8 Å². The van der Waals surface area contributed by atoms with Crippen molar-refractivity contribution in [2.75, 3.05) is 13.2 Å². The maximum absolute atomic E-state index is 11.9. The summed E-state index contributed by atoms with van der Waals surface area (Å²) in [5.74, 6) is -6.16. The Kier molecular flexibility index (Phi) is 10.0. The molecular weight excluding hydrogens is 368 g/mol. The first-order valence-corrected chi connectivity index (χ1v) is 7.51. The molecule has 27 heavy (non-hydrogen) atoms. The van der Waals surface area contributed by atoms with Crippen molar-refractivity contribution in [3.05, 3.63) is 0 Å². The standard InChI is InChI=1S/C13H22N6O8/c14-5(1-8(15)21)11(24)19-7(4-20)12(25)17-3-10(23)18-6(13(26)27)2-9(16)22/h5-7,20H,1-4,14H2,(H2,15,21)(H2,16,22)(H,17,25)(H,18,23)(H,19,24)(H,26,27). The molecule has 0 radical (unpaired) electrons. The number of carboxylic acids is 1. The monoisotopic (exact) mass is 390 g/mol. The minimum absolute atomic E-state index is 0.482. The van der Waals surface area contributed by atoms with Crippen LogP contribution in [0.1, 0.15) is 12.8 Å². The summed E-state index contributed by atoms with van der Waals surface area (Å²) in [7, 11) is 0. The number of hydrogen-bond donors (Lipinski definition) is 8. The van der Waals surface area contributed by atoms with Crippen LogP contribution in [0.15, 0.2) is 0 Å². The minimum Gasteiger partial charge on any atom is -0.480 e. The van der Waals surface area contributed by atoms with Crippen LogP contribution in [0.5, 0.6) is 0 Å². The van der Waals surface area contributed by atoms with Crippen molar-refractivity contribution in [3.63, 3.8) is 0 Å². The zero-order chi connectivity index (χ0) is 21.1. The molecule has 0 heterocycles. The molecule has 0 spiro atoms. The van der Waals surface area contributed by atoms with Gasteiger partial charge in [-0.05, 0) is 0 Å². The van der Waals surface area contributed by atoms with Crippen molar-refractivity contribution in [1.29, 1.82) is 0 Å². The second kappa shape index (κ2) is 11.4. The molecule has 5 amide bonds. The van der Waals surface area contributed by atoms with Crippen molar-refractivity contribution in [3.8, 4) is 0 Å². The Morgan fingerprint density at radius 2 is 1.41 bits per heavy atom. The van der Waals surface area contributed by atoms with E-state index in [1.165, 1.54) is 0 Å². The van der Waals surface area contributed by atoms with Crippen molar-refractivity contribution in [1.82, 2.24) is 16.0 Å². The van der Waals surface area contributed by atoms with Gasteiger partial charge >= 0.3 is 5.97 Å². The van der Waals surface area contributed by atoms with Gasteiger partial charge in [0.05, 0.1) is 32.0 Å². The predicted molar refractivity (Wildman–Crippen MR) is 87.2 cm³/mol. The smallest absolute Gasteiger partial charge is 0.326 e. The molecule has 0 bridgehead atoms. The lowest BCUT2D eigenvalue weighted by atomic mass is 10.2. The first kappa shape index (κ1) is 23.7. The van der Waals surface area contributed by atoms with Crippen molar-refractivity contribution in [2.45, 2.75) is 31.0 Å². The summed E-state index contributed by atoms with van der Waals surface area (Å²) in [6.45, 7) is -1.55. The second-order valence-corrected chi connectivity index (χ2v) is 5.37. The number of aliphatic carboxylic acids is 1. The van der Waals surface area contributed by atoms with E-state index in [-0.39, 0.29) is 0 Å². The molecule has 0 saturated heterocycles. The Balaban J connectivity index is 4.60. The zero-order valence-corrected chi connectivity index (χ0v) is 14.1. The molecule has 14 heteroatoms. The van der Waals surface area contributed by atoms with Gasteiger partial charge in [-0.2, -0.15) is 0 Å². The van der Waals surface area contributed by atoms with E-state index in [1.807, 2.05) is 10.6 Å². The average molecular weight is 390 g/mol. The van der Waals surface area contributed by atoms with Gasteiger partial charge < -0.3 is 43.4 Å². The SMILES string of the molecule is NC(=O)CC(N)C(=O)NC(CO)C(=O)NCC(=O)NC(CC(N)=O)C(=O)O. The summed E-state index contributed by atoms with van der Waals surface area (Å²) in [5.41, 5.74) is 15.1. The number of aliphatic hydroxyl groups excluding tert-OH is 1. The highest BCUT2D eigenvalue weighted by atomic mass is 16.4. The number of nitrogens with two attached hydrogens (primary N) is 3. The number of carbonyl (C=O) groups excluding carboxylic acids is 5. The van der Waals surface area contributed by atoms with Gasteiger partial charge in [0, 0.05) is 0 Å². The van der Waals surface area contributed by atoms with Gasteiger partial charge in [-0.15, -0.1) is 0 Å². The van der Waals surface area contributed by atoms with Crippen LogP contribution >= 0.6 is 0 Å². The molecule has 11 N–H and O–H groups in total. The normalized spacial score (nSPS) is 13.6. The fourth-order valence-electron chi connectivity index (χ4n) is 1.72. The largest absolute Gasteiger partial charge is 0.480 e. The predicted octanol–water partition coefficient (Wildman–Crippen LogP) is -5.77. The van der Waals surface area contributed by atoms with Gasteiger partial charge in [-0.25, -0.2) is 4.79 Å². The third-order valence-corrected chi connectivity index (χ3v) is 3.04. The molecule has 3 atom stereocenters. The quantitative estimate of drug-likeness (QED) is 0.157. The molecule has 0 aromatic heterocycles. The van der Waals surface area contributed by atoms with Gasteiger partial charge in [0.15, 0.2) is 0 Å². The molecule has 0 aliphatic carbocycles. The van der Waals surface area contributed by atoms with Crippen LogP contribution in [0.25, 0.3) is 0 Å². The molecule has 0 aliphatic heterocycles. The number of hydrogen-bond acceptors (Lipinski definition) is 8. The van der Waals surface area contributed by atoms with Crippen LogP contribution in [-0.4, -0.2) is 77.0 Å². The summed E-state index contributed by atoms with van der Waals surface area (Å²) in [6.07, 6.45) is -1.13. The summed E-state index contributed by atoms with van der Waals surface area (Å²) < 4.78 is 0. The highest BCUT2D eigenvalue weighted by Gasteiger charge is 2.25. The molecule has 0 aromatic carbocycles. The average Bonchev–Trinajstić information content (AvgIpc) is 2.55. The number of amides is 5.